The average Bonchev–Trinajstić information content (AvgIpc) is 4.01. The van der Waals surface area contributed by atoms with Crippen molar-refractivity contribution in [3.05, 3.63) is 162 Å². The van der Waals surface area contributed by atoms with Crippen LogP contribution in [0.2, 0.25) is 0 Å². The first-order chi connectivity index (χ1) is 32.5. The Morgan fingerprint density at radius 1 is 0.522 bits per heavy atom. The van der Waals surface area contributed by atoms with Crippen molar-refractivity contribution in [1.29, 1.82) is 0 Å². The Hall–Kier alpha value is -7.63. The summed E-state index contributed by atoms with van der Waals surface area (Å²) in [6, 6.07) is 27.7. The number of benzene rings is 4. The smallest absolute Gasteiger partial charge is 0.243 e. The highest BCUT2D eigenvalue weighted by molar-refractivity contribution is 5.97. The molecular weight excluding hydrogens is 851 g/mol. The van der Waals surface area contributed by atoms with Gasteiger partial charge >= 0.3 is 0 Å². The van der Waals surface area contributed by atoms with E-state index in [0.717, 1.165) is 22.0 Å². The molecule has 67 heavy (non-hydrogen) atoms. The third kappa shape index (κ3) is 14.7. The maximum Gasteiger partial charge on any atom is 0.243 e. The fraction of sp³-hybridized carbons (Fsp3) is 0.300. The summed E-state index contributed by atoms with van der Waals surface area (Å²) in [7, 11) is 0. The molecule has 0 saturated carbocycles. The molecule has 0 aliphatic carbocycles. The van der Waals surface area contributed by atoms with Gasteiger partial charge in [-0.2, -0.15) is 0 Å². The molecule has 0 bridgehead atoms. The topological polar surface area (TPSA) is 285 Å². The number of imidazole rings is 1. The molecule has 13 N–H and O–H groups in total. The number of aromatic nitrogens is 3. The van der Waals surface area contributed by atoms with E-state index >= 15 is 0 Å². The molecule has 0 aliphatic rings. The molecule has 17 heteroatoms. The highest BCUT2D eigenvalue weighted by Crippen LogP contribution is 2.20. The van der Waals surface area contributed by atoms with Crippen molar-refractivity contribution in [2.24, 2.45) is 17.2 Å². The lowest BCUT2D eigenvalue weighted by molar-refractivity contribution is -0.135. The van der Waals surface area contributed by atoms with Crippen LogP contribution in [0, 0.1) is 0 Å². The molecule has 2 aromatic heterocycles. The van der Waals surface area contributed by atoms with Crippen LogP contribution >= 0.6 is 0 Å². The van der Waals surface area contributed by atoms with Crippen LogP contribution in [0.25, 0.3) is 10.9 Å². The van der Waals surface area contributed by atoms with Gasteiger partial charge in [-0.05, 0) is 54.1 Å². The number of rotatable bonds is 25. The van der Waals surface area contributed by atoms with Crippen molar-refractivity contribution in [1.82, 2.24) is 41.5 Å². The number of primary amides is 1. The van der Waals surface area contributed by atoms with Crippen molar-refractivity contribution in [2.45, 2.75) is 87.6 Å². The van der Waals surface area contributed by atoms with Gasteiger partial charge in [-0.15, -0.1) is 0 Å². The van der Waals surface area contributed by atoms with Crippen molar-refractivity contribution in [3.63, 3.8) is 0 Å². The maximum atomic E-state index is 14.7. The first-order valence-electron chi connectivity index (χ1n) is 22.4. The van der Waals surface area contributed by atoms with E-state index in [9.17, 15) is 28.8 Å². The van der Waals surface area contributed by atoms with E-state index in [1.54, 1.807) is 73.1 Å². The number of fused-ring (bicyclic) bond motifs is 1. The summed E-state index contributed by atoms with van der Waals surface area (Å²) in [4.78, 5) is 94.0. The Kier molecular flexibility index (Phi) is 17.9. The van der Waals surface area contributed by atoms with Crippen LogP contribution in [0.3, 0.4) is 0 Å². The lowest BCUT2D eigenvalue weighted by atomic mass is 10.00. The van der Waals surface area contributed by atoms with Crippen LogP contribution in [-0.2, 0) is 60.9 Å². The number of nitrogens with zero attached hydrogens (tertiary/aromatic N) is 1. The minimum Gasteiger partial charge on any atom is -0.368 e. The van der Waals surface area contributed by atoms with Crippen molar-refractivity contribution in [3.8, 4) is 0 Å². The molecule has 0 saturated heterocycles. The molecule has 350 valence electrons. The fourth-order valence-corrected chi connectivity index (χ4v) is 7.78. The van der Waals surface area contributed by atoms with Gasteiger partial charge in [-0.3, -0.25) is 28.8 Å². The third-order valence-corrected chi connectivity index (χ3v) is 11.4. The van der Waals surface area contributed by atoms with Crippen LogP contribution in [0.15, 0.2) is 134 Å². The first-order valence-corrected chi connectivity index (χ1v) is 22.4. The number of nitrogens with one attached hydrogen (secondary N) is 7. The van der Waals surface area contributed by atoms with Gasteiger partial charge < -0.3 is 53.8 Å². The number of carbonyl (C=O) groups is 6. The Morgan fingerprint density at radius 3 is 1.43 bits per heavy atom. The Morgan fingerprint density at radius 2 is 0.970 bits per heavy atom. The molecule has 6 rings (SSSR count). The largest absolute Gasteiger partial charge is 0.368 e. The second-order valence-corrected chi connectivity index (χ2v) is 16.5. The summed E-state index contributed by atoms with van der Waals surface area (Å²) in [5.74, 6) is -4.00. The normalized spacial score (nSPS) is 13.8. The number of para-hydroxylation sites is 1. The molecular formula is C50H59N11O6. The fourth-order valence-electron chi connectivity index (χ4n) is 7.78. The predicted octanol–water partition coefficient (Wildman–Crippen LogP) is 1.77. The Labute approximate surface area is 388 Å². The van der Waals surface area contributed by atoms with Gasteiger partial charge in [0.2, 0.25) is 35.4 Å². The zero-order valence-electron chi connectivity index (χ0n) is 37.2. The average molecular weight is 910 g/mol. The molecule has 17 nitrogen and oxygen atoms in total. The van der Waals surface area contributed by atoms with E-state index in [-0.39, 0.29) is 38.5 Å². The molecule has 0 spiro atoms. The van der Waals surface area contributed by atoms with Gasteiger partial charge in [-0.1, -0.05) is 109 Å². The number of aromatic amines is 2. The SMILES string of the molecule is NCCCC[C@H](NC(=O)[C@@H](Cc1ccccc1)NC(=O)[C@H](Cc1ccccc1)NC(=O)[C@@H](Cc1ccccc1)NC(=O)[C@@H](Cc1c[nH]c2ccccc12)NC(=O)[C@@H](N)Cc1cnc[nH]1)C(N)=O. The third-order valence-electron chi connectivity index (χ3n) is 11.4. The maximum absolute atomic E-state index is 14.7. The molecule has 0 aliphatic heterocycles. The first kappa shape index (κ1) is 48.8. The summed E-state index contributed by atoms with van der Waals surface area (Å²) >= 11 is 0. The van der Waals surface area contributed by atoms with E-state index in [1.165, 1.54) is 6.33 Å². The van der Waals surface area contributed by atoms with Gasteiger partial charge in [0.1, 0.15) is 30.2 Å². The lowest BCUT2D eigenvalue weighted by Gasteiger charge is -2.27. The predicted molar refractivity (Wildman–Crippen MR) is 254 cm³/mol. The van der Waals surface area contributed by atoms with Crippen LogP contribution < -0.4 is 43.8 Å². The molecule has 2 heterocycles. The highest BCUT2D eigenvalue weighted by Gasteiger charge is 2.34. The van der Waals surface area contributed by atoms with E-state index in [1.807, 2.05) is 54.6 Å². The second-order valence-electron chi connectivity index (χ2n) is 16.5. The van der Waals surface area contributed by atoms with Crippen molar-refractivity contribution in [2.75, 3.05) is 6.54 Å². The highest BCUT2D eigenvalue weighted by atomic mass is 16.2. The molecule has 0 radical (unpaired) electrons. The molecule has 6 amide bonds. The van der Waals surface area contributed by atoms with E-state index in [4.69, 9.17) is 17.2 Å². The van der Waals surface area contributed by atoms with Gasteiger partial charge in [0.15, 0.2) is 0 Å². The molecule has 6 atom stereocenters. The molecule has 6 aromatic rings. The molecule has 0 unspecified atom stereocenters. The summed E-state index contributed by atoms with van der Waals surface area (Å²) in [6.07, 6.45) is 6.50. The number of unbranched alkanes of at least 4 members (excludes halogenated alkanes) is 1. The van der Waals surface area contributed by atoms with E-state index < -0.39 is 71.7 Å². The molecule has 4 aromatic carbocycles. The van der Waals surface area contributed by atoms with Gasteiger partial charge in [0.05, 0.1) is 12.4 Å². The van der Waals surface area contributed by atoms with Crippen LogP contribution in [0.4, 0.5) is 0 Å². The molecule has 0 fully saturated rings. The number of H-pyrrole nitrogens is 2. The second kappa shape index (κ2) is 24.6. The van der Waals surface area contributed by atoms with Crippen LogP contribution in [-0.4, -0.2) is 93.2 Å². The van der Waals surface area contributed by atoms with Crippen LogP contribution in [0.1, 0.15) is 47.2 Å². The standard InChI is InChI=1S/C50H59N11O6/c51-23-13-12-22-40(45(53)62)57-47(64)41(24-32-14-4-1-5-15-32)59-48(65)42(25-33-16-6-2-7-17-33)60-49(66)43(26-34-18-8-3-9-19-34)61-50(67)44(27-35-29-55-39-21-11-10-20-37(35)39)58-46(63)38(52)28-36-30-54-31-56-36/h1-11,14-21,29-31,38,40-44,55H,12-13,22-28,51-52H2,(H2,53,62)(H,54,56)(H,57,64)(H,58,63)(H,59,65)(H,60,66)(H,61,67)/t38-,40-,41+,42-,43+,44+/m0/s1. The Bertz CT molecular complexity index is 2540. The number of carbonyl (C=O) groups excluding carboxylic acids is 6. The van der Waals surface area contributed by atoms with E-state index in [0.29, 0.717) is 36.2 Å². The quantitative estimate of drug-likeness (QED) is 0.0374. The number of amides is 6. The lowest BCUT2D eigenvalue weighted by Crippen LogP contribution is -2.60. The Balaban J connectivity index is 1.27. The zero-order valence-corrected chi connectivity index (χ0v) is 37.2. The van der Waals surface area contributed by atoms with Gasteiger partial charge in [0.25, 0.3) is 0 Å². The van der Waals surface area contributed by atoms with E-state index in [2.05, 4.69) is 41.5 Å². The number of hydrogen-bond acceptors (Lipinski definition) is 9. The number of hydrogen-bond donors (Lipinski definition) is 10. The summed E-state index contributed by atoms with van der Waals surface area (Å²) in [5, 5.41) is 15.0. The van der Waals surface area contributed by atoms with Gasteiger partial charge in [0, 0.05) is 61.1 Å². The van der Waals surface area contributed by atoms with Crippen molar-refractivity contribution >= 4 is 46.3 Å². The summed E-state index contributed by atoms with van der Waals surface area (Å²) in [6.45, 7) is 0.403. The van der Waals surface area contributed by atoms with Crippen LogP contribution in [0.5, 0.6) is 0 Å². The zero-order chi connectivity index (χ0) is 47.5. The van der Waals surface area contributed by atoms with Crippen molar-refractivity contribution < 1.29 is 28.8 Å². The summed E-state index contributed by atoms with van der Waals surface area (Å²) in [5.41, 5.74) is 22.0. The monoisotopic (exact) mass is 909 g/mol. The number of nitrogens with two attached hydrogens (primary N) is 3. The summed E-state index contributed by atoms with van der Waals surface area (Å²) < 4.78 is 0. The minimum atomic E-state index is -1.25. The van der Waals surface area contributed by atoms with Gasteiger partial charge in [-0.25, -0.2) is 4.98 Å². The minimum absolute atomic E-state index is 0.0144.